The molecule has 1 aromatic heterocycles. The lowest BCUT2D eigenvalue weighted by atomic mass is 10.1. The molecule has 8 heteroatoms. The van der Waals surface area contributed by atoms with Crippen molar-refractivity contribution in [1.82, 2.24) is 4.98 Å². The van der Waals surface area contributed by atoms with Gasteiger partial charge in [0.15, 0.2) is 6.10 Å². The Morgan fingerprint density at radius 2 is 1.94 bits per heavy atom. The maximum atomic E-state index is 13.0. The SMILES string of the molecule is CC1Oc2ccc(-c3csc(Cc4ccccc4)n3)cc2N(CC(=O)Nc2cccc(Cl)c2)C1=O. The molecule has 0 aliphatic carbocycles. The van der Waals surface area contributed by atoms with E-state index in [9.17, 15) is 9.59 Å². The van der Waals surface area contributed by atoms with Crippen LogP contribution in [0.4, 0.5) is 11.4 Å². The van der Waals surface area contributed by atoms with Gasteiger partial charge in [0.05, 0.1) is 16.4 Å². The third-order valence-electron chi connectivity index (χ3n) is 5.62. The number of nitrogens with one attached hydrogen (secondary N) is 1. The van der Waals surface area contributed by atoms with Gasteiger partial charge in [0.25, 0.3) is 5.91 Å². The minimum atomic E-state index is -0.691. The lowest BCUT2D eigenvalue weighted by Gasteiger charge is -2.32. The highest BCUT2D eigenvalue weighted by Crippen LogP contribution is 2.38. The number of hydrogen-bond donors (Lipinski definition) is 1. The highest BCUT2D eigenvalue weighted by molar-refractivity contribution is 7.10. The molecule has 5 rings (SSSR count). The fraction of sp³-hybridized carbons (Fsp3) is 0.148. The molecule has 1 unspecified atom stereocenters. The van der Waals surface area contributed by atoms with E-state index in [1.165, 1.54) is 10.5 Å². The average Bonchev–Trinajstić information content (AvgIpc) is 3.31. The monoisotopic (exact) mass is 503 g/mol. The Morgan fingerprint density at radius 3 is 2.74 bits per heavy atom. The van der Waals surface area contributed by atoms with Crippen molar-refractivity contribution >= 4 is 46.1 Å². The van der Waals surface area contributed by atoms with E-state index < -0.39 is 6.10 Å². The van der Waals surface area contributed by atoms with Crippen LogP contribution < -0.4 is 15.0 Å². The maximum absolute atomic E-state index is 13.0. The van der Waals surface area contributed by atoms with Crippen LogP contribution >= 0.6 is 22.9 Å². The summed E-state index contributed by atoms with van der Waals surface area (Å²) in [5.74, 6) is -0.0556. The van der Waals surface area contributed by atoms with Crippen LogP contribution in [0.5, 0.6) is 5.75 Å². The van der Waals surface area contributed by atoms with Crippen LogP contribution in [0, 0.1) is 0 Å². The summed E-state index contributed by atoms with van der Waals surface area (Å²) in [5.41, 5.74) is 3.98. The predicted octanol–water partition coefficient (Wildman–Crippen LogP) is 5.81. The van der Waals surface area contributed by atoms with Crippen LogP contribution in [0.15, 0.2) is 78.2 Å². The Morgan fingerprint density at radius 1 is 1.11 bits per heavy atom. The van der Waals surface area contributed by atoms with Crippen molar-refractivity contribution in [2.75, 3.05) is 16.8 Å². The van der Waals surface area contributed by atoms with E-state index in [1.54, 1.807) is 42.5 Å². The van der Waals surface area contributed by atoms with Gasteiger partial charge < -0.3 is 10.1 Å². The van der Waals surface area contributed by atoms with E-state index in [4.69, 9.17) is 21.3 Å². The molecular formula is C27H22ClN3O3S. The highest BCUT2D eigenvalue weighted by Gasteiger charge is 2.33. The van der Waals surface area contributed by atoms with Crippen LogP contribution in [0.25, 0.3) is 11.3 Å². The number of amides is 2. The number of nitrogens with zero attached hydrogens (tertiary/aromatic N) is 2. The number of carbonyl (C=O) groups is 2. The largest absolute Gasteiger partial charge is 0.479 e. The quantitative estimate of drug-likeness (QED) is 0.360. The number of carbonyl (C=O) groups excluding carboxylic acids is 2. The summed E-state index contributed by atoms with van der Waals surface area (Å²) in [5, 5.41) is 6.32. The topological polar surface area (TPSA) is 71.5 Å². The Balaban J connectivity index is 1.39. The zero-order valence-electron chi connectivity index (χ0n) is 18.9. The molecule has 0 radical (unpaired) electrons. The molecule has 0 bridgehead atoms. The van der Waals surface area contributed by atoms with Gasteiger partial charge in [-0.05, 0) is 48.9 Å². The van der Waals surface area contributed by atoms with Gasteiger partial charge in [0.1, 0.15) is 12.3 Å². The van der Waals surface area contributed by atoms with Crippen molar-refractivity contribution < 1.29 is 14.3 Å². The molecule has 1 N–H and O–H groups in total. The minimum Gasteiger partial charge on any atom is -0.479 e. The minimum absolute atomic E-state index is 0.147. The van der Waals surface area contributed by atoms with Gasteiger partial charge >= 0.3 is 0 Å². The zero-order valence-corrected chi connectivity index (χ0v) is 20.5. The van der Waals surface area contributed by atoms with Gasteiger partial charge in [-0.15, -0.1) is 11.3 Å². The van der Waals surface area contributed by atoms with Gasteiger partial charge in [0, 0.05) is 28.1 Å². The first-order valence-corrected chi connectivity index (χ1v) is 12.4. The Hall–Kier alpha value is -3.68. The maximum Gasteiger partial charge on any atom is 0.268 e. The van der Waals surface area contributed by atoms with Crippen molar-refractivity contribution in [1.29, 1.82) is 0 Å². The van der Waals surface area contributed by atoms with Crippen molar-refractivity contribution in [3.8, 4) is 17.0 Å². The summed E-state index contributed by atoms with van der Waals surface area (Å²) in [6, 6.07) is 22.7. The van der Waals surface area contributed by atoms with Crippen LogP contribution in [0.1, 0.15) is 17.5 Å². The first kappa shape index (κ1) is 23.1. The Kier molecular flexibility index (Phi) is 6.53. The second-order valence-electron chi connectivity index (χ2n) is 8.21. The molecule has 0 saturated carbocycles. The molecule has 3 aromatic carbocycles. The first-order valence-electron chi connectivity index (χ1n) is 11.1. The zero-order chi connectivity index (χ0) is 24.4. The van der Waals surface area contributed by atoms with E-state index in [0.29, 0.717) is 22.1 Å². The summed E-state index contributed by atoms with van der Waals surface area (Å²) in [6.45, 7) is 1.53. The molecule has 1 atom stereocenters. The molecule has 1 aliphatic heterocycles. The van der Waals surface area contributed by atoms with Gasteiger partial charge in [0.2, 0.25) is 5.91 Å². The number of aromatic nitrogens is 1. The molecule has 6 nitrogen and oxygen atoms in total. The van der Waals surface area contributed by atoms with Gasteiger partial charge in [-0.25, -0.2) is 4.98 Å². The van der Waals surface area contributed by atoms with Crippen LogP contribution in [-0.2, 0) is 16.0 Å². The van der Waals surface area contributed by atoms with Crippen LogP contribution in [0.2, 0.25) is 5.02 Å². The molecule has 2 heterocycles. The van der Waals surface area contributed by atoms with Crippen LogP contribution in [0.3, 0.4) is 0 Å². The van der Waals surface area contributed by atoms with Crippen LogP contribution in [-0.4, -0.2) is 29.4 Å². The summed E-state index contributed by atoms with van der Waals surface area (Å²) in [7, 11) is 0. The number of hydrogen-bond acceptors (Lipinski definition) is 5. The van der Waals surface area contributed by atoms with E-state index in [2.05, 4.69) is 17.4 Å². The number of rotatable bonds is 6. The summed E-state index contributed by atoms with van der Waals surface area (Å²) >= 11 is 7.61. The molecule has 2 amide bonds. The molecule has 35 heavy (non-hydrogen) atoms. The molecule has 4 aromatic rings. The van der Waals surface area contributed by atoms with Crippen molar-refractivity contribution in [2.45, 2.75) is 19.4 Å². The number of anilines is 2. The smallest absolute Gasteiger partial charge is 0.268 e. The van der Waals surface area contributed by atoms with E-state index in [1.807, 2.05) is 41.8 Å². The third-order valence-corrected chi connectivity index (χ3v) is 6.71. The lowest BCUT2D eigenvalue weighted by molar-refractivity contribution is -0.127. The van der Waals surface area contributed by atoms with Gasteiger partial charge in [-0.3, -0.25) is 14.5 Å². The second-order valence-corrected chi connectivity index (χ2v) is 9.59. The Labute approximate surface area is 212 Å². The van der Waals surface area contributed by atoms with E-state index in [-0.39, 0.29) is 18.4 Å². The van der Waals surface area contributed by atoms with Gasteiger partial charge in [-0.2, -0.15) is 0 Å². The summed E-state index contributed by atoms with van der Waals surface area (Å²) < 4.78 is 5.81. The lowest BCUT2D eigenvalue weighted by Crippen LogP contribution is -2.47. The standard InChI is InChI=1S/C27H22ClN3O3S/c1-17-27(33)31(15-25(32)29-21-9-5-8-20(28)14-21)23-13-19(10-11-24(23)34-17)22-16-35-26(30-22)12-18-6-3-2-4-7-18/h2-11,13-14,16-17H,12,15H2,1H3,(H,29,32). The summed E-state index contributed by atoms with van der Waals surface area (Å²) in [4.78, 5) is 32.0. The molecule has 0 fully saturated rings. The first-order chi connectivity index (χ1) is 17.0. The van der Waals surface area contributed by atoms with Gasteiger partial charge in [-0.1, -0.05) is 48.0 Å². The predicted molar refractivity (Wildman–Crippen MR) is 139 cm³/mol. The Bertz CT molecular complexity index is 1390. The van der Waals surface area contributed by atoms with E-state index in [0.717, 1.165) is 22.7 Å². The van der Waals surface area contributed by atoms with Crippen molar-refractivity contribution in [3.63, 3.8) is 0 Å². The molecule has 176 valence electrons. The number of thiazole rings is 1. The second kappa shape index (κ2) is 9.90. The number of halogens is 1. The fourth-order valence-corrected chi connectivity index (χ4v) is 4.96. The molecule has 0 spiro atoms. The molecule has 0 saturated heterocycles. The summed E-state index contributed by atoms with van der Waals surface area (Å²) in [6.07, 6.45) is 0.0646. The van der Waals surface area contributed by atoms with Crippen molar-refractivity contribution in [2.24, 2.45) is 0 Å². The highest BCUT2D eigenvalue weighted by atomic mass is 35.5. The van der Waals surface area contributed by atoms with Crippen molar-refractivity contribution in [3.05, 3.63) is 93.8 Å². The number of benzene rings is 3. The normalized spacial score (nSPS) is 14.9. The third kappa shape index (κ3) is 5.21. The molecule has 1 aliphatic rings. The van der Waals surface area contributed by atoms with E-state index >= 15 is 0 Å². The fourth-order valence-electron chi connectivity index (χ4n) is 3.93. The average molecular weight is 504 g/mol. The number of fused-ring (bicyclic) bond motifs is 1. The molecular weight excluding hydrogens is 482 g/mol. The number of ether oxygens (including phenoxy) is 1.